The van der Waals surface area contributed by atoms with Crippen molar-refractivity contribution in [2.24, 2.45) is 5.92 Å². The minimum atomic E-state index is 0.0490. The third kappa shape index (κ3) is 5.19. The van der Waals surface area contributed by atoms with E-state index in [1.165, 1.54) is 12.8 Å². The number of nitrogens with zero attached hydrogens (tertiary/aromatic N) is 1. The average molecular weight is 345 g/mol. The first kappa shape index (κ1) is 18.2. The van der Waals surface area contributed by atoms with Crippen molar-refractivity contribution in [1.29, 1.82) is 0 Å². The second-order valence-corrected chi connectivity index (χ2v) is 7.39. The molecule has 5 nitrogen and oxygen atoms in total. The third-order valence-electron chi connectivity index (χ3n) is 5.32. The predicted molar refractivity (Wildman–Crippen MR) is 102 cm³/mol. The lowest BCUT2D eigenvalue weighted by Crippen LogP contribution is -2.47. The molecule has 0 aliphatic carbocycles. The Hall–Kier alpha value is -1.59. The van der Waals surface area contributed by atoms with Crippen LogP contribution in [0.25, 0.3) is 0 Å². The standard InChI is InChI=1S/C20H31N3O2/c1-3-20(24)22-17-8-6-16(7-9-17)21-19-10-11-23(13-15(19)2)14-18-5-4-12-25-18/h6-9,15,18-19,21H,3-5,10-14H2,1-2H3,(H,22,24)/t15-,18+,19+/m0/s1. The second-order valence-electron chi connectivity index (χ2n) is 7.39. The van der Waals surface area contributed by atoms with Crippen LogP contribution in [0.5, 0.6) is 0 Å². The van der Waals surface area contributed by atoms with E-state index in [0.29, 0.717) is 24.5 Å². The third-order valence-corrected chi connectivity index (χ3v) is 5.32. The first-order valence-electron chi connectivity index (χ1n) is 9.64. The summed E-state index contributed by atoms with van der Waals surface area (Å²) in [4.78, 5) is 14.0. The van der Waals surface area contributed by atoms with Gasteiger partial charge in [-0.3, -0.25) is 4.79 Å². The lowest BCUT2D eigenvalue weighted by molar-refractivity contribution is -0.115. The molecule has 2 saturated heterocycles. The van der Waals surface area contributed by atoms with Crippen molar-refractivity contribution in [3.05, 3.63) is 24.3 Å². The van der Waals surface area contributed by atoms with Gasteiger partial charge in [-0.2, -0.15) is 0 Å². The van der Waals surface area contributed by atoms with E-state index >= 15 is 0 Å². The average Bonchev–Trinajstić information content (AvgIpc) is 3.12. The van der Waals surface area contributed by atoms with Gasteiger partial charge in [0.1, 0.15) is 0 Å². The van der Waals surface area contributed by atoms with Gasteiger partial charge >= 0.3 is 0 Å². The molecule has 3 atom stereocenters. The van der Waals surface area contributed by atoms with Crippen LogP contribution in [0.2, 0.25) is 0 Å². The van der Waals surface area contributed by atoms with E-state index in [-0.39, 0.29) is 5.91 Å². The van der Waals surface area contributed by atoms with Gasteiger partial charge in [-0.25, -0.2) is 0 Å². The van der Waals surface area contributed by atoms with E-state index in [2.05, 4.69) is 34.6 Å². The van der Waals surface area contributed by atoms with Crippen LogP contribution in [-0.2, 0) is 9.53 Å². The number of likely N-dealkylation sites (tertiary alicyclic amines) is 1. The zero-order valence-electron chi connectivity index (χ0n) is 15.5. The van der Waals surface area contributed by atoms with Gasteiger partial charge in [0.2, 0.25) is 5.91 Å². The molecule has 0 spiro atoms. The first-order valence-corrected chi connectivity index (χ1v) is 9.64. The maximum atomic E-state index is 11.4. The summed E-state index contributed by atoms with van der Waals surface area (Å²) in [6, 6.07) is 8.53. The summed E-state index contributed by atoms with van der Waals surface area (Å²) in [5.41, 5.74) is 1.98. The molecule has 0 aromatic heterocycles. The monoisotopic (exact) mass is 345 g/mol. The Labute approximate surface area is 151 Å². The molecule has 1 aromatic carbocycles. The van der Waals surface area contributed by atoms with Crippen LogP contribution in [0, 0.1) is 5.92 Å². The van der Waals surface area contributed by atoms with Gasteiger partial charge in [-0.05, 0) is 49.4 Å². The fourth-order valence-corrected chi connectivity index (χ4v) is 3.80. The summed E-state index contributed by atoms with van der Waals surface area (Å²) in [5.74, 6) is 0.655. The lowest BCUT2D eigenvalue weighted by Gasteiger charge is -2.38. The number of carbonyl (C=O) groups excluding carboxylic acids is 1. The number of anilines is 2. The number of hydrogen-bond donors (Lipinski definition) is 2. The summed E-state index contributed by atoms with van der Waals surface area (Å²) in [5, 5.41) is 6.55. The molecular weight excluding hydrogens is 314 g/mol. The Morgan fingerprint density at radius 2 is 2.00 bits per heavy atom. The maximum Gasteiger partial charge on any atom is 0.224 e. The molecule has 2 aliphatic rings. The van der Waals surface area contributed by atoms with Crippen molar-refractivity contribution in [3.63, 3.8) is 0 Å². The summed E-state index contributed by atoms with van der Waals surface area (Å²) in [6.07, 6.45) is 4.53. The van der Waals surface area contributed by atoms with E-state index in [1.807, 2.05) is 19.1 Å². The molecule has 0 saturated carbocycles. The van der Waals surface area contributed by atoms with Crippen LogP contribution in [-0.4, -0.2) is 49.2 Å². The summed E-state index contributed by atoms with van der Waals surface area (Å²) < 4.78 is 5.77. The fourth-order valence-electron chi connectivity index (χ4n) is 3.80. The molecule has 138 valence electrons. The van der Waals surface area contributed by atoms with Gasteiger partial charge < -0.3 is 20.3 Å². The van der Waals surface area contributed by atoms with Crippen LogP contribution in [0.3, 0.4) is 0 Å². The maximum absolute atomic E-state index is 11.4. The van der Waals surface area contributed by atoms with Gasteiger partial charge in [0, 0.05) is 50.1 Å². The Balaban J connectivity index is 1.47. The highest BCUT2D eigenvalue weighted by Crippen LogP contribution is 2.24. The quantitative estimate of drug-likeness (QED) is 0.830. The lowest BCUT2D eigenvalue weighted by atomic mass is 9.93. The molecule has 3 rings (SSSR count). The van der Waals surface area contributed by atoms with Crippen molar-refractivity contribution >= 4 is 17.3 Å². The molecule has 2 fully saturated rings. The van der Waals surface area contributed by atoms with Crippen molar-refractivity contribution < 1.29 is 9.53 Å². The molecule has 2 aliphatic heterocycles. The van der Waals surface area contributed by atoms with E-state index < -0.39 is 0 Å². The highest BCUT2D eigenvalue weighted by atomic mass is 16.5. The van der Waals surface area contributed by atoms with E-state index in [4.69, 9.17) is 4.74 Å². The van der Waals surface area contributed by atoms with Gasteiger partial charge in [-0.15, -0.1) is 0 Å². The van der Waals surface area contributed by atoms with Crippen molar-refractivity contribution in [3.8, 4) is 0 Å². The van der Waals surface area contributed by atoms with Crippen molar-refractivity contribution in [1.82, 2.24) is 4.90 Å². The minimum Gasteiger partial charge on any atom is -0.382 e. The molecule has 2 N–H and O–H groups in total. The number of nitrogens with one attached hydrogen (secondary N) is 2. The minimum absolute atomic E-state index is 0.0490. The Morgan fingerprint density at radius 1 is 1.24 bits per heavy atom. The van der Waals surface area contributed by atoms with Crippen molar-refractivity contribution in [2.75, 3.05) is 36.9 Å². The van der Waals surface area contributed by atoms with Crippen molar-refractivity contribution in [2.45, 2.75) is 51.7 Å². The van der Waals surface area contributed by atoms with Crippen LogP contribution in [0.4, 0.5) is 11.4 Å². The number of carbonyl (C=O) groups is 1. The van der Waals surface area contributed by atoms with Gasteiger partial charge in [-0.1, -0.05) is 13.8 Å². The van der Waals surface area contributed by atoms with Crippen LogP contribution < -0.4 is 10.6 Å². The number of amides is 1. The van der Waals surface area contributed by atoms with Crippen LogP contribution >= 0.6 is 0 Å². The number of benzene rings is 1. The number of piperidine rings is 1. The van der Waals surface area contributed by atoms with Gasteiger partial charge in [0.05, 0.1) is 6.10 Å². The fraction of sp³-hybridized carbons (Fsp3) is 0.650. The Bertz CT molecular complexity index is 555. The van der Waals surface area contributed by atoms with Gasteiger partial charge in [0.25, 0.3) is 0 Å². The highest BCUT2D eigenvalue weighted by molar-refractivity contribution is 5.90. The Morgan fingerprint density at radius 3 is 2.64 bits per heavy atom. The first-order chi connectivity index (χ1) is 12.1. The molecule has 2 heterocycles. The molecule has 1 aromatic rings. The second kappa shape index (κ2) is 8.68. The van der Waals surface area contributed by atoms with E-state index in [1.54, 1.807) is 0 Å². The summed E-state index contributed by atoms with van der Waals surface area (Å²) in [7, 11) is 0. The molecular formula is C20H31N3O2. The zero-order valence-corrected chi connectivity index (χ0v) is 15.5. The zero-order chi connectivity index (χ0) is 17.6. The van der Waals surface area contributed by atoms with Crippen LogP contribution in [0.1, 0.15) is 39.5 Å². The Kier molecular flexibility index (Phi) is 6.32. The number of ether oxygens (including phenoxy) is 1. The van der Waals surface area contributed by atoms with E-state index in [0.717, 1.165) is 44.0 Å². The number of rotatable bonds is 6. The summed E-state index contributed by atoms with van der Waals surface area (Å²) in [6.45, 7) is 8.47. The highest BCUT2D eigenvalue weighted by Gasteiger charge is 2.28. The molecule has 25 heavy (non-hydrogen) atoms. The van der Waals surface area contributed by atoms with E-state index in [9.17, 15) is 4.79 Å². The molecule has 0 radical (unpaired) electrons. The predicted octanol–water partition coefficient (Wildman–Crippen LogP) is 3.34. The van der Waals surface area contributed by atoms with Crippen LogP contribution in [0.15, 0.2) is 24.3 Å². The summed E-state index contributed by atoms with van der Waals surface area (Å²) >= 11 is 0. The number of hydrogen-bond acceptors (Lipinski definition) is 4. The topological polar surface area (TPSA) is 53.6 Å². The SMILES string of the molecule is CCC(=O)Nc1ccc(N[C@@H]2CCN(C[C@H]3CCCO3)C[C@@H]2C)cc1. The normalized spacial score (nSPS) is 27.2. The molecule has 5 heteroatoms. The van der Waals surface area contributed by atoms with Gasteiger partial charge in [0.15, 0.2) is 0 Å². The smallest absolute Gasteiger partial charge is 0.224 e. The molecule has 0 unspecified atom stereocenters. The molecule has 0 bridgehead atoms. The largest absolute Gasteiger partial charge is 0.382 e. The molecule has 1 amide bonds.